The van der Waals surface area contributed by atoms with E-state index < -0.39 is 12.1 Å². The van der Waals surface area contributed by atoms with E-state index in [2.05, 4.69) is 17.1 Å². The molecule has 0 saturated carbocycles. The van der Waals surface area contributed by atoms with Gasteiger partial charge in [0.1, 0.15) is 5.75 Å². The van der Waals surface area contributed by atoms with Crippen LogP contribution in [0.1, 0.15) is 69.4 Å². The minimum atomic E-state index is -0.653. The van der Waals surface area contributed by atoms with E-state index in [-0.39, 0.29) is 18.4 Å². The molecule has 1 aliphatic heterocycles. The van der Waals surface area contributed by atoms with Gasteiger partial charge in [-0.3, -0.25) is 16.0 Å². The van der Waals surface area contributed by atoms with E-state index >= 15 is 0 Å². The molecular formula is C22H34ClN5O3. The summed E-state index contributed by atoms with van der Waals surface area (Å²) in [7, 11) is 0. The van der Waals surface area contributed by atoms with Gasteiger partial charge < -0.3 is 26.8 Å². The highest BCUT2D eigenvalue weighted by molar-refractivity contribution is 5.70. The molecule has 2 heterocycles. The van der Waals surface area contributed by atoms with E-state index in [4.69, 9.17) is 20.7 Å². The number of rotatable bonds is 10. The number of aryl methyl sites for hydroxylation is 1. The molecule has 31 heavy (non-hydrogen) atoms. The number of aromatic nitrogens is 2. The second kappa shape index (κ2) is 11.9. The van der Waals surface area contributed by atoms with Crippen LogP contribution in [0.15, 0.2) is 22.7 Å². The Morgan fingerprint density at radius 1 is 1.23 bits per heavy atom. The second-order valence-corrected chi connectivity index (χ2v) is 7.97. The quantitative estimate of drug-likeness (QED) is 0.261. The molecule has 8 nitrogen and oxygen atoms in total. The van der Waals surface area contributed by atoms with Crippen molar-refractivity contribution in [3.8, 4) is 17.1 Å². The van der Waals surface area contributed by atoms with E-state index in [1.54, 1.807) is 4.58 Å². The molecule has 1 fully saturated rings. The van der Waals surface area contributed by atoms with Crippen LogP contribution >= 0.6 is 0 Å². The van der Waals surface area contributed by atoms with E-state index in [0.717, 1.165) is 29.9 Å². The van der Waals surface area contributed by atoms with Gasteiger partial charge in [0.25, 0.3) is 5.89 Å². The highest BCUT2D eigenvalue weighted by atomic mass is 35.5. The number of benzene rings is 1. The van der Waals surface area contributed by atoms with E-state index in [0.29, 0.717) is 24.7 Å². The minimum absolute atomic E-state index is 0. The zero-order chi connectivity index (χ0) is 21.5. The minimum Gasteiger partial charge on any atom is -1.00 e. The first-order valence-corrected chi connectivity index (χ1v) is 10.9. The van der Waals surface area contributed by atoms with Crippen molar-refractivity contribution in [3.05, 3.63) is 29.7 Å². The molecule has 2 aromatic rings. The standard InChI is InChI=1S/C22H33N5O3.ClH/c1-3-4-5-6-7-8-13-29-18-10-9-16(14-15(18)2)20-25-21(30-26-20)19-17(28)11-12-27(19)22(23)24;/h9-10,14,17,19,28H,3-8,11-13H2,1-2H3,(H3,23,24);1H/t17-,19-;/m0./s1. The van der Waals surface area contributed by atoms with Gasteiger partial charge in [0, 0.05) is 12.0 Å². The first-order valence-electron chi connectivity index (χ1n) is 10.9. The Labute approximate surface area is 190 Å². The summed E-state index contributed by atoms with van der Waals surface area (Å²) in [5, 5.41) is 14.4. The summed E-state index contributed by atoms with van der Waals surface area (Å²) in [5.74, 6) is 1.78. The monoisotopic (exact) mass is 451 g/mol. The summed E-state index contributed by atoms with van der Waals surface area (Å²) in [6.45, 7) is 5.51. The zero-order valence-corrected chi connectivity index (χ0v) is 19.1. The number of unbranched alkanes of at least 4 members (excludes halogenated alkanes) is 5. The van der Waals surface area contributed by atoms with Crippen molar-refractivity contribution in [2.24, 2.45) is 11.5 Å². The summed E-state index contributed by atoms with van der Waals surface area (Å²) in [6, 6.07) is 5.33. The maximum absolute atomic E-state index is 10.3. The number of aliphatic hydroxyl groups is 1. The fourth-order valence-electron chi connectivity index (χ4n) is 3.85. The summed E-state index contributed by atoms with van der Waals surface area (Å²) >= 11 is 0. The number of aliphatic hydroxyl groups excluding tert-OH is 1. The molecule has 1 aromatic heterocycles. The summed E-state index contributed by atoms with van der Waals surface area (Å²) < 4.78 is 13.1. The molecule has 0 bridgehead atoms. The smallest absolute Gasteiger partial charge is 0.341 e. The lowest BCUT2D eigenvalue weighted by Gasteiger charge is -2.11. The van der Waals surface area contributed by atoms with E-state index in [1.807, 2.05) is 25.1 Å². The lowest BCUT2D eigenvalue weighted by Crippen LogP contribution is -3.00. The maximum Gasteiger partial charge on any atom is 0.341 e. The van der Waals surface area contributed by atoms with Crippen LogP contribution in [0.4, 0.5) is 0 Å². The van der Waals surface area contributed by atoms with Crippen LogP contribution in [0.25, 0.3) is 11.4 Å². The third-order valence-corrected chi connectivity index (χ3v) is 5.58. The van der Waals surface area contributed by atoms with Crippen LogP contribution in [-0.4, -0.2) is 45.0 Å². The Hall–Kier alpha value is -2.32. The van der Waals surface area contributed by atoms with Gasteiger partial charge in [-0.25, -0.2) is 0 Å². The summed E-state index contributed by atoms with van der Waals surface area (Å²) in [5.41, 5.74) is 13.3. The van der Waals surface area contributed by atoms with Gasteiger partial charge in [-0.05, 0) is 37.1 Å². The Kier molecular flexibility index (Phi) is 9.58. The molecular weight excluding hydrogens is 418 g/mol. The Bertz CT molecular complexity index is 867. The van der Waals surface area contributed by atoms with Crippen molar-refractivity contribution < 1.29 is 31.3 Å². The molecule has 172 valence electrons. The van der Waals surface area contributed by atoms with Crippen molar-refractivity contribution in [1.29, 1.82) is 0 Å². The molecule has 0 amide bonds. The number of nitrogens with zero attached hydrogens (tertiary/aromatic N) is 3. The molecule has 1 saturated heterocycles. The van der Waals surface area contributed by atoms with Gasteiger partial charge in [0.15, 0.2) is 6.04 Å². The maximum atomic E-state index is 10.3. The van der Waals surface area contributed by atoms with Gasteiger partial charge in [0.2, 0.25) is 5.82 Å². The fraction of sp³-hybridized carbons (Fsp3) is 0.591. The predicted molar refractivity (Wildman–Crippen MR) is 115 cm³/mol. The summed E-state index contributed by atoms with van der Waals surface area (Å²) in [4.78, 5) is 4.48. The van der Waals surface area contributed by atoms with E-state index in [1.165, 1.54) is 32.1 Å². The lowest BCUT2D eigenvalue weighted by atomic mass is 10.1. The number of halogens is 1. The van der Waals surface area contributed by atoms with Crippen LogP contribution in [0, 0.1) is 6.92 Å². The Morgan fingerprint density at radius 2 is 1.97 bits per heavy atom. The molecule has 1 aliphatic rings. The first-order chi connectivity index (χ1) is 14.5. The number of hydrogen-bond acceptors (Lipinski definition) is 5. The van der Waals surface area contributed by atoms with E-state index in [9.17, 15) is 5.11 Å². The van der Waals surface area contributed by atoms with Crippen molar-refractivity contribution in [2.45, 2.75) is 70.9 Å². The normalized spacial score (nSPS) is 18.1. The number of ether oxygens (including phenoxy) is 1. The molecule has 3 rings (SSSR count). The van der Waals surface area contributed by atoms with Crippen LogP contribution in [0.5, 0.6) is 5.75 Å². The van der Waals surface area contributed by atoms with Crippen LogP contribution in [0.3, 0.4) is 0 Å². The molecule has 0 aliphatic carbocycles. The van der Waals surface area contributed by atoms with Gasteiger partial charge in [-0.15, -0.1) is 0 Å². The first kappa shape index (κ1) is 24.9. The highest BCUT2D eigenvalue weighted by Crippen LogP contribution is 2.30. The average Bonchev–Trinajstić information content (AvgIpc) is 3.35. The number of guanidine groups is 1. The largest absolute Gasteiger partial charge is 1.00 e. The van der Waals surface area contributed by atoms with Crippen LogP contribution < -0.4 is 28.6 Å². The Morgan fingerprint density at radius 3 is 2.68 bits per heavy atom. The van der Waals surface area contributed by atoms with Crippen LogP contribution in [-0.2, 0) is 0 Å². The molecule has 9 heteroatoms. The average molecular weight is 452 g/mol. The van der Waals surface area contributed by atoms with Gasteiger partial charge in [0.05, 0.1) is 19.3 Å². The third kappa shape index (κ3) is 6.33. The van der Waals surface area contributed by atoms with Gasteiger partial charge in [-0.1, -0.05) is 44.2 Å². The summed E-state index contributed by atoms with van der Waals surface area (Å²) in [6.07, 6.45) is 7.33. The van der Waals surface area contributed by atoms with Crippen molar-refractivity contribution in [3.63, 3.8) is 0 Å². The number of nitrogens with two attached hydrogens (primary N) is 2. The van der Waals surface area contributed by atoms with Gasteiger partial charge in [-0.2, -0.15) is 4.98 Å². The molecule has 0 unspecified atom stereocenters. The zero-order valence-electron chi connectivity index (χ0n) is 18.4. The molecule has 2 atom stereocenters. The SMILES string of the molecule is CCCCCCCCOc1ccc(-c2noc([C@@H]3[C@@H](O)CC[N+]3=C(N)N)n2)cc1C.[Cl-]. The molecule has 1 aromatic carbocycles. The molecule has 0 radical (unpaired) electrons. The Balaban J connectivity index is 0.00000341. The second-order valence-electron chi connectivity index (χ2n) is 7.97. The molecule has 0 spiro atoms. The third-order valence-electron chi connectivity index (χ3n) is 5.58. The topological polar surface area (TPSA) is 123 Å². The lowest BCUT2D eigenvalue weighted by molar-refractivity contribution is -0.560. The molecule has 5 N–H and O–H groups in total. The highest BCUT2D eigenvalue weighted by Gasteiger charge is 2.39. The number of hydrogen-bond donors (Lipinski definition) is 3. The van der Waals surface area contributed by atoms with Gasteiger partial charge >= 0.3 is 5.96 Å². The van der Waals surface area contributed by atoms with Crippen molar-refractivity contribution in [1.82, 2.24) is 10.1 Å². The fourth-order valence-corrected chi connectivity index (χ4v) is 3.85. The van der Waals surface area contributed by atoms with Crippen molar-refractivity contribution in [2.75, 3.05) is 13.2 Å². The van der Waals surface area contributed by atoms with Crippen LogP contribution in [0.2, 0.25) is 0 Å². The predicted octanol–water partition coefficient (Wildman–Crippen LogP) is -0.120. The van der Waals surface area contributed by atoms with Crippen molar-refractivity contribution >= 4 is 5.96 Å².